The van der Waals surface area contributed by atoms with Gasteiger partial charge >= 0.3 is 0 Å². The van der Waals surface area contributed by atoms with Crippen LogP contribution in [0.1, 0.15) is 31.4 Å². The van der Waals surface area contributed by atoms with Gasteiger partial charge in [-0.05, 0) is 31.0 Å². The number of nitrogens with two attached hydrogens (primary N) is 1. The molecule has 3 heteroatoms. The lowest BCUT2D eigenvalue weighted by Crippen LogP contribution is -2.40. The lowest BCUT2D eigenvalue weighted by Gasteiger charge is -2.22. The van der Waals surface area contributed by atoms with Crippen LogP contribution in [0.25, 0.3) is 0 Å². The van der Waals surface area contributed by atoms with Crippen molar-refractivity contribution < 1.29 is 4.74 Å². The van der Waals surface area contributed by atoms with Gasteiger partial charge in [0.2, 0.25) is 0 Å². The summed E-state index contributed by atoms with van der Waals surface area (Å²) in [5.74, 6) is 0. The van der Waals surface area contributed by atoms with Crippen molar-refractivity contribution >= 4 is 0 Å². The maximum absolute atomic E-state index is 8.74. The fourth-order valence-corrected chi connectivity index (χ4v) is 1.23. The van der Waals surface area contributed by atoms with Gasteiger partial charge in [0.25, 0.3) is 0 Å². The molecule has 1 aromatic rings. The number of hydrogen-bond acceptors (Lipinski definition) is 3. The molecule has 0 heterocycles. The number of nitrogens with zero attached hydrogens (tertiary/aromatic N) is 1. The molecule has 0 spiro atoms. The van der Waals surface area contributed by atoms with E-state index in [0.29, 0.717) is 18.8 Å². The molecule has 16 heavy (non-hydrogen) atoms. The molecule has 3 nitrogen and oxygen atoms in total. The summed E-state index contributed by atoms with van der Waals surface area (Å²) in [5.41, 5.74) is 7.35. The molecule has 0 aromatic heterocycles. The van der Waals surface area contributed by atoms with Crippen LogP contribution in [0.4, 0.5) is 0 Å². The Hall–Kier alpha value is -1.37. The third kappa shape index (κ3) is 4.01. The van der Waals surface area contributed by atoms with Gasteiger partial charge in [0, 0.05) is 5.54 Å². The number of ether oxygens (including phenoxy) is 1. The van der Waals surface area contributed by atoms with Crippen LogP contribution < -0.4 is 5.73 Å². The summed E-state index contributed by atoms with van der Waals surface area (Å²) in [4.78, 5) is 0. The van der Waals surface area contributed by atoms with Gasteiger partial charge in [-0.15, -0.1) is 0 Å². The molecule has 2 N–H and O–H groups in total. The maximum atomic E-state index is 8.74. The van der Waals surface area contributed by atoms with Gasteiger partial charge in [0.05, 0.1) is 24.8 Å². The second-order valence-corrected chi connectivity index (χ2v) is 4.31. The monoisotopic (exact) mass is 218 g/mol. The Bertz CT molecular complexity index is 380. The smallest absolute Gasteiger partial charge is 0.0991 e. The van der Waals surface area contributed by atoms with Crippen LogP contribution >= 0.6 is 0 Å². The van der Waals surface area contributed by atoms with E-state index in [9.17, 15) is 0 Å². The van der Waals surface area contributed by atoms with Crippen molar-refractivity contribution in [1.29, 1.82) is 5.26 Å². The summed E-state index contributed by atoms with van der Waals surface area (Å²) < 4.78 is 5.54. The fraction of sp³-hybridized carbons (Fsp3) is 0.462. The molecule has 0 radical (unpaired) electrons. The minimum atomic E-state index is -0.271. The normalized spacial score (nSPS) is 14.1. The van der Waals surface area contributed by atoms with E-state index in [1.54, 1.807) is 6.07 Å². The summed E-state index contributed by atoms with van der Waals surface area (Å²) >= 11 is 0. The third-order valence-electron chi connectivity index (χ3n) is 2.56. The Morgan fingerprint density at radius 1 is 1.50 bits per heavy atom. The molecule has 86 valence electrons. The molecular formula is C13H18N2O. The number of benzene rings is 1. The van der Waals surface area contributed by atoms with Crippen molar-refractivity contribution in [1.82, 2.24) is 0 Å². The van der Waals surface area contributed by atoms with Crippen LogP contribution in [0.2, 0.25) is 0 Å². The summed E-state index contributed by atoms with van der Waals surface area (Å²) in [7, 11) is 0. The molecule has 1 rings (SSSR count). The maximum Gasteiger partial charge on any atom is 0.0991 e. The molecule has 1 atom stereocenters. The van der Waals surface area contributed by atoms with E-state index in [1.165, 1.54) is 0 Å². The Morgan fingerprint density at radius 3 is 2.88 bits per heavy atom. The van der Waals surface area contributed by atoms with Crippen LogP contribution in [0.5, 0.6) is 0 Å². The van der Waals surface area contributed by atoms with Gasteiger partial charge in [0.15, 0.2) is 0 Å². The molecule has 0 aliphatic carbocycles. The number of hydrogen-bond donors (Lipinski definition) is 1. The van der Waals surface area contributed by atoms with Gasteiger partial charge in [-0.25, -0.2) is 0 Å². The zero-order valence-corrected chi connectivity index (χ0v) is 9.86. The van der Waals surface area contributed by atoms with Crippen LogP contribution in [0, 0.1) is 11.3 Å². The quantitative estimate of drug-likeness (QED) is 0.824. The number of nitriles is 1. The SMILES string of the molecule is CCC(C)(N)COCc1cccc(C#N)c1. The zero-order chi connectivity index (χ0) is 12.0. The molecule has 0 saturated heterocycles. The lowest BCUT2D eigenvalue weighted by molar-refractivity contribution is 0.0777. The van der Waals surface area contributed by atoms with Crippen LogP contribution in [-0.2, 0) is 11.3 Å². The average Bonchev–Trinajstić information content (AvgIpc) is 2.29. The van der Waals surface area contributed by atoms with E-state index < -0.39 is 0 Å². The van der Waals surface area contributed by atoms with Crippen molar-refractivity contribution in [2.75, 3.05) is 6.61 Å². The lowest BCUT2D eigenvalue weighted by atomic mass is 10.0. The predicted molar refractivity (Wildman–Crippen MR) is 63.7 cm³/mol. The highest BCUT2D eigenvalue weighted by Gasteiger charge is 2.15. The second-order valence-electron chi connectivity index (χ2n) is 4.31. The molecule has 0 saturated carbocycles. The van der Waals surface area contributed by atoms with Gasteiger partial charge in [0.1, 0.15) is 0 Å². The van der Waals surface area contributed by atoms with E-state index in [-0.39, 0.29) is 5.54 Å². The summed E-state index contributed by atoms with van der Waals surface area (Å²) in [6, 6.07) is 9.52. The molecule has 0 fully saturated rings. The minimum Gasteiger partial charge on any atom is -0.375 e. The summed E-state index contributed by atoms with van der Waals surface area (Å²) in [6.07, 6.45) is 0.880. The molecule has 0 aliphatic rings. The van der Waals surface area contributed by atoms with E-state index in [1.807, 2.05) is 32.0 Å². The largest absolute Gasteiger partial charge is 0.375 e. The summed E-state index contributed by atoms with van der Waals surface area (Å²) in [5, 5.41) is 8.74. The van der Waals surface area contributed by atoms with Crippen LogP contribution in [-0.4, -0.2) is 12.1 Å². The van der Waals surface area contributed by atoms with Crippen molar-refractivity contribution in [3.05, 3.63) is 35.4 Å². The van der Waals surface area contributed by atoms with Crippen molar-refractivity contribution in [3.63, 3.8) is 0 Å². The molecular weight excluding hydrogens is 200 g/mol. The first kappa shape index (κ1) is 12.7. The predicted octanol–water partition coefficient (Wildman–Crippen LogP) is 2.20. The average molecular weight is 218 g/mol. The molecule has 0 bridgehead atoms. The van der Waals surface area contributed by atoms with Crippen molar-refractivity contribution in [2.24, 2.45) is 5.73 Å². The van der Waals surface area contributed by atoms with Gasteiger partial charge < -0.3 is 10.5 Å². The topological polar surface area (TPSA) is 59.0 Å². The van der Waals surface area contributed by atoms with Crippen LogP contribution in [0.3, 0.4) is 0 Å². The fourth-order valence-electron chi connectivity index (χ4n) is 1.23. The summed E-state index contributed by atoms with van der Waals surface area (Å²) in [6.45, 7) is 5.04. The van der Waals surface area contributed by atoms with E-state index in [2.05, 4.69) is 6.07 Å². The number of rotatable bonds is 5. The first-order valence-electron chi connectivity index (χ1n) is 5.43. The Labute approximate surface area is 96.8 Å². The second kappa shape index (κ2) is 5.64. The Kier molecular flexibility index (Phi) is 4.48. The van der Waals surface area contributed by atoms with Gasteiger partial charge in [-0.2, -0.15) is 5.26 Å². The first-order chi connectivity index (χ1) is 7.57. The zero-order valence-electron chi connectivity index (χ0n) is 9.86. The van der Waals surface area contributed by atoms with E-state index >= 15 is 0 Å². The Morgan fingerprint density at radius 2 is 2.25 bits per heavy atom. The highest BCUT2D eigenvalue weighted by molar-refractivity contribution is 5.32. The van der Waals surface area contributed by atoms with Crippen molar-refractivity contribution in [2.45, 2.75) is 32.4 Å². The minimum absolute atomic E-state index is 0.271. The third-order valence-corrected chi connectivity index (χ3v) is 2.56. The standard InChI is InChI=1S/C13H18N2O/c1-3-13(2,15)10-16-9-12-6-4-5-11(7-12)8-14/h4-7H,3,9-10,15H2,1-2H3. The van der Waals surface area contributed by atoms with E-state index in [0.717, 1.165) is 12.0 Å². The van der Waals surface area contributed by atoms with E-state index in [4.69, 9.17) is 15.7 Å². The molecule has 0 amide bonds. The molecule has 0 aliphatic heterocycles. The highest BCUT2D eigenvalue weighted by Crippen LogP contribution is 2.09. The first-order valence-corrected chi connectivity index (χ1v) is 5.43. The molecule has 1 aromatic carbocycles. The molecule has 1 unspecified atom stereocenters. The highest BCUT2D eigenvalue weighted by atomic mass is 16.5. The van der Waals surface area contributed by atoms with Gasteiger partial charge in [-0.3, -0.25) is 0 Å². The van der Waals surface area contributed by atoms with Gasteiger partial charge in [-0.1, -0.05) is 19.1 Å². The van der Waals surface area contributed by atoms with Crippen molar-refractivity contribution in [3.8, 4) is 6.07 Å². The Balaban J connectivity index is 2.46. The van der Waals surface area contributed by atoms with Crippen LogP contribution in [0.15, 0.2) is 24.3 Å².